The lowest BCUT2D eigenvalue weighted by Crippen LogP contribution is -2.43. The van der Waals surface area contributed by atoms with E-state index in [2.05, 4.69) is 45.0 Å². The quantitative estimate of drug-likeness (QED) is 0.224. The minimum Gasteiger partial charge on any atom is -0.465 e. The predicted molar refractivity (Wildman–Crippen MR) is 149 cm³/mol. The van der Waals surface area contributed by atoms with Gasteiger partial charge in [-0.1, -0.05) is 35.9 Å². The lowest BCUT2D eigenvalue weighted by molar-refractivity contribution is -0.132. The molecule has 2 heterocycles. The molecule has 1 aliphatic rings. The molecule has 8 N–H and O–H groups in total. The molecular formula is C26H37ClN8O4. The van der Waals surface area contributed by atoms with Crippen LogP contribution in [0.25, 0.3) is 0 Å². The van der Waals surface area contributed by atoms with E-state index in [0.29, 0.717) is 32.1 Å². The number of carboxylic acid groups (broad SMARTS) is 1. The van der Waals surface area contributed by atoms with E-state index in [-0.39, 0.29) is 47.3 Å². The van der Waals surface area contributed by atoms with Gasteiger partial charge in [-0.05, 0) is 62.2 Å². The number of anilines is 2. The molecule has 1 aliphatic heterocycles. The van der Waals surface area contributed by atoms with Crippen LogP contribution in [-0.4, -0.2) is 77.2 Å². The number of carbonyl (C=O) groups is 3. The Labute approximate surface area is 232 Å². The molecule has 0 aliphatic carbocycles. The van der Waals surface area contributed by atoms with Gasteiger partial charge in [-0.25, -0.2) is 14.8 Å². The highest BCUT2D eigenvalue weighted by molar-refractivity contribution is 6.31. The smallest absolute Gasteiger partial charge is 0.404 e. The molecule has 3 amide bonds. The Morgan fingerprint density at radius 2 is 1.82 bits per heavy atom. The van der Waals surface area contributed by atoms with Crippen LogP contribution in [-0.2, 0) is 11.2 Å². The Morgan fingerprint density at radius 3 is 2.51 bits per heavy atom. The molecule has 0 bridgehead atoms. The first-order chi connectivity index (χ1) is 18.6. The Balaban J connectivity index is 1.51. The number of aryl methyl sites for hydroxylation is 1. The first-order valence-corrected chi connectivity index (χ1v) is 13.4. The van der Waals surface area contributed by atoms with Crippen LogP contribution < -0.4 is 27.4 Å². The minimum absolute atomic E-state index is 0.0299. The average molecular weight is 561 g/mol. The van der Waals surface area contributed by atoms with Crippen molar-refractivity contribution in [3.63, 3.8) is 0 Å². The average Bonchev–Trinajstić information content (AvgIpc) is 2.90. The summed E-state index contributed by atoms with van der Waals surface area (Å²) in [6.07, 6.45) is 1.56. The zero-order valence-electron chi connectivity index (χ0n) is 22.1. The summed E-state index contributed by atoms with van der Waals surface area (Å²) in [6, 6.07) is 8.16. The molecule has 0 spiro atoms. The maximum Gasteiger partial charge on any atom is 0.404 e. The zero-order chi connectivity index (χ0) is 28.4. The van der Waals surface area contributed by atoms with E-state index < -0.39 is 12.0 Å². The number of carbonyl (C=O) groups excluding carboxylic acids is 2. The first kappa shape index (κ1) is 29.9. The van der Waals surface area contributed by atoms with Gasteiger partial charge in [-0.3, -0.25) is 9.59 Å². The highest BCUT2D eigenvalue weighted by Crippen LogP contribution is 2.19. The highest BCUT2D eigenvalue weighted by Gasteiger charge is 2.23. The van der Waals surface area contributed by atoms with Crippen molar-refractivity contribution < 1.29 is 19.5 Å². The maximum absolute atomic E-state index is 12.8. The molecule has 1 fully saturated rings. The number of piperidine rings is 1. The summed E-state index contributed by atoms with van der Waals surface area (Å²) in [7, 11) is 0. The van der Waals surface area contributed by atoms with Crippen LogP contribution in [0.2, 0.25) is 5.15 Å². The van der Waals surface area contributed by atoms with E-state index in [1.54, 1.807) is 4.90 Å². The molecule has 0 saturated carbocycles. The van der Waals surface area contributed by atoms with E-state index in [1.165, 1.54) is 11.1 Å². The van der Waals surface area contributed by atoms with Crippen molar-refractivity contribution in [3.8, 4) is 0 Å². The fourth-order valence-corrected chi connectivity index (χ4v) is 4.74. The number of likely N-dealkylation sites (tertiary alicyclic amines) is 1. The molecule has 12 nitrogen and oxygen atoms in total. The number of nitrogens with zero attached hydrogens (tertiary/aromatic N) is 3. The third-order valence-corrected chi connectivity index (χ3v) is 7.17. The molecular weight excluding hydrogens is 524 g/mol. The van der Waals surface area contributed by atoms with Crippen LogP contribution in [0.5, 0.6) is 0 Å². The van der Waals surface area contributed by atoms with Crippen molar-refractivity contribution in [2.75, 3.05) is 50.7 Å². The SMILES string of the molecule is Cc1ccccc1CC(CNCC1CCN(C(=O)CCNC(=O)O)CC1)CNC(=O)c1nc(Cl)c(N)nc1N. The topological polar surface area (TPSA) is 189 Å². The van der Waals surface area contributed by atoms with Crippen LogP contribution in [0.4, 0.5) is 16.4 Å². The Bertz CT molecular complexity index is 1160. The van der Waals surface area contributed by atoms with Gasteiger partial charge in [0, 0.05) is 32.6 Å². The van der Waals surface area contributed by atoms with E-state index in [4.69, 9.17) is 28.2 Å². The van der Waals surface area contributed by atoms with Gasteiger partial charge >= 0.3 is 6.09 Å². The lowest BCUT2D eigenvalue weighted by atomic mass is 9.94. The maximum atomic E-state index is 12.8. The molecule has 3 rings (SSSR count). The normalized spacial score (nSPS) is 14.6. The van der Waals surface area contributed by atoms with Crippen LogP contribution >= 0.6 is 11.6 Å². The van der Waals surface area contributed by atoms with Gasteiger partial charge < -0.3 is 37.4 Å². The first-order valence-electron chi connectivity index (χ1n) is 13.0. The van der Waals surface area contributed by atoms with Crippen molar-refractivity contribution in [2.45, 2.75) is 32.6 Å². The number of nitrogens with two attached hydrogens (primary N) is 2. The number of hydrogen-bond acceptors (Lipinski definition) is 8. The van der Waals surface area contributed by atoms with Crippen molar-refractivity contribution in [1.29, 1.82) is 0 Å². The number of aromatic nitrogens is 2. The molecule has 39 heavy (non-hydrogen) atoms. The molecule has 1 saturated heterocycles. The van der Waals surface area contributed by atoms with E-state index >= 15 is 0 Å². The fraction of sp³-hybridized carbons (Fsp3) is 0.500. The van der Waals surface area contributed by atoms with E-state index in [9.17, 15) is 14.4 Å². The Morgan fingerprint density at radius 1 is 1.10 bits per heavy atom. The van der Waals surface area contributed by atoms with E-state index in [0.717, 1.165) is 25.8 Å². The van der Waals surface area contributed by atoms with Gasteiger partial charge in [0.1, 0.15) is 0 Å². The number of halogens is 1. The van der Waals surface area contributed by atoms with Crippen molar-refractivity contribution in [1.82, 2.24) is 30.8 Å². The molecule has 1 unspecified atom stereocenters. The Hall–Kier alpha value is -3.64. The summed E-state index contributed by atoms with van der Waals surface area (Å²) in [4.78, 5) is 45.3. The number of nitrogen functional groups attached to an aromatic ring is 2. The molecule has 0 radical (unpaired) electrons. The van der Waals surface area contributed by atoms with Crippen LogP contribution in [0.1, 0.15) is 40.9 Å². The summed E-state index contributed by atoms with van der Waals surface area (Å²) in [6.45, 7) is 5.38. The van der Waals surface area contributed by atoms with Crippen molar-refractivity contribution >= 4 is 41.1 Å². The molecule has 13 heteroatoms. The van der Waals surface area contributed by atoms with Crippen LogP contribution in [0.3, 0.4) is 0 Å². The molecule has 2 aromatic rings. The van der Waals surface area contributed by atoms with Crippen molar-refractivity contribution in [2.24, 2.45) is 11.8 Å². The summed E-state index contributed by atoms with van der Waals surface area (Å²) in [5.74, 6) is -0.0864. The van der Waals surface area contributed by atoms with Gasteiger partial charge in [0.05, 0.1) is 0 Å². The third-order valence-electron chi connectivity index (χ3n) is 6.89. The summed E-state index contributed by atoms with van der Waals surface area (Å²) in [5, 5.41) is 17.3. The van der Waals surface area contributed by atoms with Crippen LogP contribution in [0.15, 0.2) is 24.3 Å². The van der Waals surface area contributed by atoms with E-state index in [1.807, 2.05) is 12.1 Å². The molecule has 1 atom stereocenters. The lowest BCUT2D eigenvalue weighted by Gasteiger charge is -2.32. The second-order valence-electron chi connectivity index (χ2n) is 9.80. The van der Waals surface area contributed by atoms with Gasteiger partial charge in [-0.15, -0.1) is 0 Å². The van der Waals surface area contributed by atoms with Crippen molar-refractivity contribution in [3.05, 3.63) is 46.2 Å². The van der Waals surface area contributed by atoms with Gasteiger partial charge in [0.15, 0.2) is 22.5 Å². The monoisotopic (exact) mass is 560 g/mol. The van der Waals surface area contributed by atoms with Crippen LogP contribution in [0, 0.1) is 18.8 Å². The Kier molecular flexibility index (Phi) is 11.1. The van der Waals surface area contributed by atoms with Gasteiger partial charge in [0.2, 0.25) is 5.91 Å². The standard InChI is InChI=1S/C26H37ClN8O4/c1-16-4-2-3-5-19(16)12-18(15-32-25(37)21-23(28)34-24(29)22(27)33-21)14-30-13-17-7-10-35(11-8-17)20(36)6-9-31-26(38)39/h2-5,17-18,30-31H,6-15H2,1H3,(H,32,37)(H,38,39)(H4,28,29,34). The number of amides is 3. The molecule has 1 aromatic heterocycles. The largest absolute Gasteiger partial charge is 0.465 e. The zero-order valence-corrected chi connectivity index (χ0v) is 22.8. The summed E-state index contributed by atoms with van der Waals surface area (Å²) in [5.41, 5.74) is 13.8. The number of rotatable bonds is 12. The predicted octanol–water partition coefficient (Wildman–Crippen LogP) is 1.68. The fourth-order valence-electron chi connectivity index (χ4n) is 4.61. The third kappa shape index (κ3) is 9.25. The summed E-state index contributed by atoms with van der Waals surface area (Å²) >= 11 is 5.93. The summed E-state index contributed by atoms with van der Waals surface area (Å²) < 4.78 is 0. The second kappa shape index (κ2) is 14.5. The number of benzene rings is 1. The van der Waals surface area contributed by atoms with Gasteiger partial charge in [-0.2, -0.15) is 0 Å². The minimum atomic E-state index is -1.12. The second-order valence-corrected chi connectivity index (χ2v) is 10.2. The number of nitrogens with one attached hydrogen (secondary N) is 3. The molecule has 212 valence electrons. The number of hydrogen-bond donors (Lipinski definition) is 6. The van der Waals surface area contributed by atoms with Gasteiger partial charge in [0.25, 0.3) is 5.91 Å². The highest BCUT2D eigenvalue weighted by atomic mass is 35.5. The molecule has 1 aromatic carbocycles.